The minimum absolute atomic E-state index is 0.325. The number of pyridine rings is 1. The van der Waals surface area contributed by atoms with Gasteiger partial charge in [0, 0.05) is 17.6 Å². The number of hydrogen-bond acceptors (Lipinski definition) is 4. The Morgan fingerprint density at radius 1 is 1.09 bits per heavy atom. The van der Waals surface area contributed by atoms with Crippen molar-refractivity contribution in [1.82, 2.24) is 4.98 Å². The molecule has 0 aliphatic rings. The van der Waals surface area contributed by atoms with Gasteiger partial charge in [-0.05, 0) is 51.0 Å². The minimum Gasteiger partial charge on any atom is -0.452 e. The molecule has 0 bridgehead atoms. The molecular formula is C18H20N2O3. The van der Waals surface area contributed by atoms with Crippen molar-refractivity contribution in [3.63, 3.8) is 0 Å². The van der Waals surface area contributed by atoms with Crippen LogP contribution < -0.4 is 5.32 Å². The van der Waals surface area contributed by atoms with Gasteiger partial charge >= 0.3 is 5.97 Å². The van der Waals surface area contributed by atoms with E-state index in [1.165, 1.54) is 6.20 Å². The van der Waals surface area contributed by atoms with Gasteiger partial charge in [0.15, 0.2) is 6.61 Å². The summed E-state index contributed by atoms with van der Waals surface area (Å²) in [4.78, 5) is 27.9. The summed E-state index contributed by atoms with van der Waals surface area (Å²) in [6.07, 6.45) is 1.43. The van der Waals surface area contributed by atoms with Crippen molar-refractivity contribution in [3.8, 4) is 0 Å². The van der Waals surface area contributed by atoms with Crippen LogP contribution in [0.5, 0.6) is 0 Å². The number of amides is 1. The van der Waals surface area contributed by atoms with E-state index in [0.717, 1.165) is 28.1 Å². The van der Waals surface area contributed by atoms with Crippen LogP contribution in [0.2, 0.25) is 0 Å². The standard InChI is InChI=1S/C18H20N2O3/c1-11-7-12(2)17(13(3)8-11)20-16(21)10-23-18(22)15-6-5-14(4)19-9-15/h5-9H,10H2,1-4H3,(H,20,21). The molecule has 1 heterocycles. The largest absolute Gasteiger partial charge is 0.452 e. The Morgan fingerprint density at radius 2 is 1.74 bits per heavy atom. The highest BCUT2D eigenvalue weighted by molar-refractivity contribution is 5.96. The lowest BCUT2D eigenvalue weighted by molar-refractivity contribution is -0.119. The van der Waals surface area contributed by atoms with E-state index in [1.807, 2.05) is 39.8 Å². The molecule has 1 amide bonds. The Labute approximate surface area is 135 Å². The molecule has 2 aromatic rings. The van der Waals surface area contributed by atoms with Crippen molar-refractivity contribution >= 4 is 17.6 Å². The summed E-state index contributed by atoms with van der Waals surface area (Å²) in [5.41, 5.74) is 4.98. The van der Waals surface area contributed by atoms with Crippen molar-refractivity contribution in [3.05, 3.63) is 58.4 Å². The number of aryl methyl sites for hydroxylation is 4. The third-order valence-corrected chi connectivity index (χ3v) is 3.42. The highest BCUT2D eigenvalue weighted by Crippen LogP contribution is 2.21. The van der Waals surface area contributed by atoms with Crippen LogP contribution in [0.15, 0.2) is 30.5 Å². The molecule has 0 saturated carbocycles. The van der Waals surface area contributed by atoms with Gasteiger partial charge in [0.1, 0.15) is 0 Å². The monoisotopic (exact) mass is 312 g/mol. The Bertz CT molecular complexity index is 713. The van der Waals surface area contributed by atoms with E-state index in [9.17, 15) is 9.59 Å². The number of anilines is 1. The first-order valence-electron chi connectivity index (χ1n) is 7.34. The van der Waals surface area contributed by atoms with Gasteiger partial charge in [-0.1, -0.05) is 17.7 Å². The molecular weight excluding hydrogens is 292 g/mol. The first-order chi connectivity index (χ1) is 10.9. The van der Waals surface area contributed by atoms with Crippen LogP contribution in [0.3, 0.4) is 0 Å². The van der Waals surface area contributed by atoms with Gasteiger partial charge in [0.05, 0.1) is 5.56 Å². The van der Waals surface area contributed by atoms with Crippen molar-refractivity contribution in [2.45, 2.75) is 27.7 Å². The van der Waals surface area contributed by atoms with E-state index in [1.54, 1.807) is 12.1 Å². The normalized spacial score (nSPS) is 10.3. The van der Waals surface area contributed by atoms with E-state index in [0.29, 0.717) is 5.56 Å². The number of hydrogen-bond donors (Lipinski definition) is 1. The number of carbonyl (C=O) groups excluding carboxylic acids is 2. The molecule has 23 heavy (non-hydrogen) atoms. The van der Waals surface area contributed by atoms with Crippen LogP contribution >= 0.6 is 0 Å². The average Bonchev–Trinajstić information content (AvgIpc) is 2.49. The third kappa shape index (κ3) is 4.39. The number of ether oxygens (including phenoxy) is 1. The number of carbonyl (C=O) groups is 2. The predicted octanol–water partition coefficient (Wildman–Crippen LogP) is 3.11. The molecule has 1 aromatic carbocycles. The summed E-state index contributed by atoms with van der Waals surface area (Å²) in [5.74, 6) is -0.932. The number of benzene rings is 1. The number of rotatable bonds is 4. The van der Waals surface area contributed by atoms with Gasteiger partial charge in [-0.3, -0.25) is 9.78 Å². The molecule has 0 atom stereocenters. The van der Waals surface area contributed by atoms with Gasteiger partial charge in [-0.2, -0.15) is 0 Å². The average molecular weight is 312 g/mol. The maximum Gasteiger partial charge on any atom is 0.340 e. The fraction of sp³-hybridized carbons (Fsp3) is 0.278. The van der Waals surface area contributed by atoms with E-state index in [-0.39, 0.29) is 12.5 Å². The Kier molecular flexibility index (Phi) is 5.11. The van der Waals surface area contributed by atoms with E-state index in [2.05, 4.69) is 10.3 Å². The van der Waals surface area contributed by atoms with Crippen molar-refractivity contribution in [2.24, 2.45) is 0 Å². The second kappa shape index (κ2) is 7.05. The van der Waals surface area contributed by atoms with Crippen LogP contribution in [-0.4, -0.2) is 23.5 Å². The molecule has 0 fully saturated rings. The summed E-state index contributed by atoms with van der Waals surface area (Å²) in [6, 6.07) is 7.33. The smallest absolute Gasteiger partial charge is 0.340 e. The molecule has 5 nitrogen and oxygen atoms in total. The fourth-order valence-electron chi connectivity index (χ4n) is 2.36. The molecule has 5 heteroatoms. The number of nitrogens with one attached hydrogen (secondary N) is 1. The summed E-state index contributed by atoms with van der Waals surface area (Å²) in [7, 11) is 0. The lowest BCUT2D eigenvalue weighted by Gasteiger charge is -2.13. The Morgan fingerprint density at radius 3 is 2.30 bits per heavy atom. The van der Waals surface area contributed by atoms with Crippen LogP contribution in [-0.2, 0) is 9.53 Å². The van der Waals surface area contributed by atoms with E-state index >= 15 is 0 Å². The molecule has 120 valence electrons. The van der Waals surface area contributed by atoms with Gasteiger partial charge < -0.3 is 10.1 Å². The molecule has 0 aliphatic carbocycles. The SMILES string of the molecule is Cc1cc(C)c(NC(=O)COC(=O)c2ccc(C)nc2)c(C)c1. The van der Waals surface area contributed by atoms with Gasteiger partial charge in [-0.25, -0.2) is 4.79 Å². The second-order valence-electron chi connectivity index (χ2n) is 5.59. The lowest BCUT2D eigenvalue weighted by Crippen LogP contribution is -2.22. The Hall–Kier alpha value is -2.69. The molecule has 0 aliphatic heterocycles. The predicted molar refractivity (Wildman–Crippen MR) is 88.5 cm³/mol. The zero-order valence-corrected chi connectivity index (χ0v) is 13.8. The van der Waals surface area contributed by atoms with Gasteiger partial charge in [0.25, 0.3) is 5.91 Å². The zero-order valence-electron chi connectivity index (χ0n) is 13.8. The highest BCUT2D eigenvalue weighted by Gasteiger charge is 2.12. The third-order valence-electron chi connectivity index (χ3n) is 3.42. The summed E-state index contributed by atoms with van der Waals surface area (Å²) in [6.45, 7) is 7.36. The number of aromatic nitrogens is 1. The topological polar surface area (TPSA) is 68.3 Å². The van der Waals surface area contributed by atoms with Crippen molar-refractivity contribution < 1.29 is 14.3 Å². The fourth-order valence-corrected chi connectivity index (χ4v) is 2.36. The van der Waals surface area contributed by atoms with Crippen molar-refractivity contribution in [2.75, 3.05) is 11.9 Å². The number of esters is 1. The quantitative estimate of drug-likeness (QED) is 0.881. The first kappa shape index (κ1) is 16.7. The molecule has 0 spiro atoms. The molecule has 0 unspecified atom stereocenters. The highest BCUT2D eigenvalue weighted by atomic mass is 16.5. The molecule has 2 rings (SSSR count). The van der Waals surface area contributed by atoms with Gasteiger partial charge in [-0.15, -0.1) is 0 Å². The molecule has 1 aromatic heterocycles. The first-order valence-corrected chi connectivity index (χ1v) is 7.34. The van der Waals surface area contributed by atoms with Crippen LogP contribution in [0.1, 0.15) is 32.7 Å². The Balaban J connectivity index is 1.95. The zero-order chi connectivity index (χ0) is 17.0. The summed E-state index contributed by atoms with van der Waals surface area (Å²) in [5, 5.41) is 2.79. The van der Waals surface area contributed by atoms with E-state index in [4.69, 9.17) is 4.74 Å². The van der Waals surface area contributed by atoms with E-state index < -0.39 is 5.97 Å². The second-order valence-corrected chi connectivity index (χ2v) is 5.59. The van der Waals surface area contributed by atoms with Gasteiger partial charge in [0.2, 0.25) is 0 Å². The molecule has 1 N–H and O–H groups in total. The maximum absolute atomic E-state index is 12.0. The minimum atomic E-state index is -0.565. The van der Waals surface area contributed by atoms with Crippen LogP contribution in [0.25, 0.3) is 0 Å². The molecule has 0 saturated heterocycles. The molecule has 0 radical (unpaired) electrons. The maximum atomic E-state index is 12.0. The van der Waals surface area contributed by atoms with Crippen LogP contribution in [0.4, 0.5) is 5.69 Å². The van der Waals surface area contributed by atoms with Crippen molar-refractivity contribution in [1.29, 1.82) is 0 Å². The summed E-state index contributed by atoms with van der Waals surface area (Å²) >= 11 is 0. The van der Waals surface area contributed by atoms with Crippen LogP contribution in [0, 0.1) is 27.7 Å². The number of nitrogens with zero attached hydrogens (tertiary/aromatic N) is 1. The lowest BCUT2D eigenvalue weighted by atomic mass is 10.1. The summed E-state index contributed by atoms with van der Waals surface area (Å²) < 4.78 is 5.01.